The summed E-state index contributed by atoms with van der Waals surface area (Å²) >= 11 is 0. The Balaban J connectivity index is 1.80. The van der Waals surface area contributed by atoms with Crippen molar-refractivity contribution < 1.29 is 19.0 Å². The van der Waals surface area contributed by atoms with Crippen molar-refractivity contribution >= 4 is 5.97 Å². The van der Waals surface area contributed by atoms with Gasteiger partial charge in [0, 0.05) is 32.7 Å². The van der Waals surface area contributed by atoms with Crippen LogP contribution in [0.5, 0.6) is 5.75 Å². The Morgan fingerprint density at radius 3 is 2.88 bits per heavy atom. The highest BCUT2D eigenvalue weighted by Gasteiger charge is 2.15. The largest absolute Gasteiger partial charge is 0.492 e. The number of rotatable bonds is 9. The highest BCUT2D eigenvalue weighted by atomic mass is 16.5. The Morgan fingerprint density at radius 2 is 2.16 bits per heavy atom. The fourth-order valence-corrected chi connectivity index (χ4v) is 2.57. The number of methoxy groups -OCH3 is 1. The van der Waals surface area contributed by atoms with E-state index in [9.17, 15) is 4.79 Å². The maximum atomic E-state index is 11.6. The molecule has 0 unspecified atom stereocenters. The molecule has 0 radical (unpaired) electrons. The third-order valence-corrected chi connectivity index (χ3v) is 4.06. The van der Waals surface area contributed by atoms with Crippen LogP contribution in [0.25, 0.3) is 0 Å². The lowest BCUT2D eigenvalue weighted by Gasteiger charge is -2.29. The van der Waals surface area contributed by atoms with Crippen molar-refractivity contribution in [2.75, 3.05) is 66.2 Å². The quantitative estimate of drug-likeness (QED) is 0.610. The maximum absolute atomic E-state index is 11.6. The molecule has 0 amide bonds. The zero-order chi connectivity index (χ0) is 17.9. The molecule has 1 aromatic carbocycles. The number of hydrogen-bond donors (Lipinski definition) is 0. The lowest BCUT2D eigenvalue weighted by molar-refractivity contribution is -0.142. The van der Waals surface area contributed by atoms with Crippen molar-refractivity contribution in [3.05, 3.63) is 29.8 Å². The van der Waals surface area contributed by atoms with E-state index in [1.807, 2.05) is 11.0 Å². The second kappa shape index (κ2) is 10.7. The van der Waals surface area contributed by atoms with E-state index in [2.05, 4.69) is 11.0 Å². The van der Waals surface area contributed by atoms with Gasteiger partial charge < -0.3 is 14.2 Å². The van der Waals surface area contributed by atoms with E-state index in [-0.39, 0.29) is 12.5 Å². The number of benzene rings is 1. The standard InChI is InChI=1S/C18H25N3O4/c1-23-18(22)15-21(6-5-20-7-10-24-11-8-20)9-12-25-17-4-2-3-16(13-17)14-19/h2-4,13H,5-12,15H2,1H3. The molecule has 1 fully saturated rings. The number of carbonyl (C=O) groups is 1. The summed E-state index contributed by atoms with van der Waals surface area (Å²) in [5.41, 5.74) is 0.566. The molecule has 25 heavy (non-hydrogen) atoms. The molecule has 1 aliphatic heterocycles. The van der Waals surface area contributed by atoms with E-state index in [4.69, 9.17) is 19.5 Å². The van der Waals surface area contributed by atoms with Gasteiger partial charge in [-0.1, -0.05) is 6.07 Å². The van der Waals surface area contributed by atoms with Crippen molar-refractivity contribution in [1.82, 2.24) is 9.80 Å². The number of ether oxygens (including phenoxy) is 3. The zero-order valence-electron chi connectivity index (χ0n) is 14.6. The van der Waals surface area contributed by atoms with Gasteiger partial charge in [0.15, 0.2) is 0 Å². The number of nitrogens with zero attached hydrogens (tertiary/aromatic N) is 3. The summed E-state index contributed by atoms with van der Waals surface area (Å²) < 4.78 is 15.8. The molecule has 0 aromatic heterocycles. The lowest BCUT2D eigenvalue weighted by Crippen LogP contribution is -2.43. The zero-order valence-corrected chi connectivity index (χ0v) is 14.6. The lowest BCUT2D eigenvalue weighted by atomic mass is 10.2. The van der Waals surface area contributed by atoms with E-state index in [1.165, 1.54) is 7.11 Å². The van der Waals surface area contributed by atoms with Crippen LogP contribution in [0.4, 0.5) is 0 Å². The molecule has 0 spiro atoms. The summed E-state index contributed by atoms with van der Waals surface area (Å²) in [4.78, 5) is 16.0. The summed E-state index contributed by atoms with van der Waals surface area (Å²) in [5.74, 6) is 0.402. The van der Waals surface area contributed by atoms with Crippen molar-refractivity contribution in [2.45, 2.75) is 0 Å². The molecule has 7 nitrogen and oxygen atoms in total. The second-order valence-corrected chi connectivity index (χ2v) is 5.79. The Labute approximate surface area is 148 Å². The third-order valence-electron chi connectivity index (χ3n) is 4.06. The SMILES string of the molecule is COC(=O)CN(CCOc1cccc(C#N)c1)CCN1CCOCC1. The first-order valence-corrected chi connectivity index (χ1v) is 8.43. The normalized spacial score (nSPS) is 14.9. The number of nitriles is 1. The highest BCUT2D eigenvalue weighted by molar-refractivity contribution is 5.71. The van der Waals surface area contributed by atoms with Crippen molar-refractivity contribution in [2.24, 2.45) is 0 Å². The first kappa shape index (κ1) is 19.2. The van der Waals surface area contributed by atoms with Crippen LogP contribution in [-0.4, -0.2) is 82.0 Å². The van der Waals surface area contributed by atoms with Gasteiger partial charge in [-0.25, -0.2) is 0 Å². The van der Waals surface area contributed by atoms with E-state index in [0.717, 1.165) is 39.4 Å². The Hall–Kier alpha value is -2.14. The van der Waals surface area contributed by atoms with E-state index in [1.54, 1.807) is 18.2 Å². The van der Waals surface area contributed by atoms with Crippen LogP contribution in [0.15, 0.2) is 24.3 Å². The van der Waals surface area contributed by atoms with Crippen LogP contribution < -0.4 is 4.74 Å². The smallest absolute Gasteiger partial charge is 0.319 e. The average Bonchev–Trinajstić information content (AvgIpc) is 2.66. The molecule has 1 saturated heterocycles. The molecular formula is C18H25N3O4. The van der Waals surface area contributed by atoms with E-state index in [0.29, 0.717) is 24.5 Å². The van der Waals surface area contributed by atoms with Crippen LogP contribution in [0.1, 0.15) is 5.56 Å². The molecule has 1 heterocycles. The van der Waals surface area contributed by atoms with Crippen LogP contribution in [0, 0.1) is 11.3 Å². The molecule has 0 aliphatic carbocycles. The number of morpholine rings is 1. The molecule has 0 bridgehead atoms. The fraction of sp³-hybridized carbons (Fsp3) is 0.556. The Kier molecular flexibility index (Phi) is 8.19. The minimum Gasteiger partial charge on any atom is -0.492 e. The van der Waals surface area contributed by atoms with Gasteiger partial charge in [-0.05, 0) is 18.2 Å². The van der Waals surface area contributed by atoms with Gasteiger partial charge in [-0.15, -0.1) is 0 Å². The number of carbonyl (C=O) groups excluding carboxylic acids is 1. The van der Waals surface area contributed by atoms with Crippen LogP contribution in [0.3, 0.4) is 0 Å². The summed E-state index contributed by atoms with van der Waals surface area (Å²) in [6.45, 7) is 6.28. The minimum atomic E-state index is -0.256. The summed E-state index contributed by atoms with van der Waals surface area (Å²) in [5, 5.41) is 8.92. The van der Waals surface area contributed by atoms with Gasteiger partial charge in [0.1, 0.15) is 12.4 Å². The van der Waals surface area contributed by atoms with Gasteiger partial charge in [0.25, 0.3) is 0 Å². The molecule has 136 valence electrons. The van der Waals surface area contributed by atoms with Gasteiger partial charge in [-0.2, -0.15) is 5.26 Å². The fourth-order valence-electron chi connectivity index (χ4n) is 2.57. The molecular weight excluding hydrogens is 322 g/mol. The first-order valence-electron chi connectivity index (χ1n) is 8.43. The van der Waals surface area contributed by atoms with Crippen molar-refractivity contribution in [1.29, 1.82) is 5.26 Å². The summed E-state index contributed by atoms with van der Waals surface area (Å²) in [6.07, 6.45) is 0. The monoisotopic (exact) mass is 347 g/mol. The molecule has 2 rings (SSSR count). The molecule has 0 saturated carbocycles. The predicted octanol–water partition coefficient (Wildman–Crippen LogP) is 0.744. The Bertz CT molecular complexity index is 582. The van der Waals surface area contributed by atoms with Crippen molar-refractivity contribution in [3.63, 3.8) is 0 Å². The summed E-state index contributed by atoms with van der Waals surface area (Å²) in [6, 6.07) is 9.14. The van der Waals surface area contributed by atoms with Gasteiger partial charge in [0.2, 0.25) is 0 Å². The number of esters is 1. The predicted molar refractivity (Wildman–Crippen MR) is 92.4 cm³/mol. The van der Waals surface area contributed by atoms with Crippen LogP contribution >= 0.6 is 0 Å². The number of hydrogen-bond acceptors (Lipinski definition) is 7. The minimum absolute atomic E-state index is 0.239. The topological polar surface area (TPSA) is 75.0 Å². The van der Waals surface area contributed by atoms with Gasteiger partial charge in [0.05, 0.1) is 38.5 Å². The third kappa shape index (κ3) is 7.10. The van der Waals surface area contributed by atoms with E-state index < -0.39 is 0 Å². The molecule has 1 aliphatic rings. The highest BCUT2D eigenvalue weighted by Crippen LogP contribution is 2.12. The first-order chi connectivity index (χ1) is 12.2. The summed E-state index contributed by atoms with van der Waals surface area (Å²) in [7, 11) is 1.40. The van der Waals surface area contributed by atoms with Crippen LogP contribution in [-0.2, 0) is 14.3 Å². The Morgan fingerprint density at radius 1 is 1.36 bits per heavy atom. The molecule has 1 aromatic rings. The molecule has 7 heteroatoms. The maximum Gasteiger partial charge on any atom is 0.319 e. The molecule has 0 atom stereocenters. The average molecular weight is 347 g/mol. The van der Waals surface area contributed by atoms with Gasteiger partial charge >= 0.3 is 5.97 Å². The van der Waals surface area contributed by atoms with Gasteiger partial charge in [-0.3, -0.25) is 14.6 Å². The second-order valence-electron chi connectivity index (χ2n) is 5.79. The van der Waals surface area contributed by atoms with Crippen molar-refractivity contribution in [3.8, 4) is 11.8 Å². The molecule has 0 N–H and O–H groups in total. The van der Waals surface area contributed by atoms with Crippen LogP contribution in [0.2, 0.25) is 0 Å². The van der Waals surface area contributed by atoms with E-state index >= 15 is 0 Å².